The van der Waals surface area contributed by atoms with Crippen LogP contribution in [0.15, 0.2) is 28.7 Å². The van der Waals surface area contributed by atoms with Crippen molar-refractivity contribution in [1.82, 2.24) is 20.4 Å². The van der Waals surface area contributed by atoms with Crippen molar-refractivity contribution in [3.63, 3.8) is 0 Å². The van der Waals surface area contributed by atoms with Gasteiger partial charge in [0.05, 0.1) is 18.2 Å². The van der Waals surface area contributed by atoms with Gasteiger partial charge in [-0.3, -0.25) is 4.79 Å². The van der Waals surface area contributed by atoms with E-state index in [1.54, 1.807) is 0 Å². The van der Waals surface area contributed by atoms with Crippen molar-refractivity contribution in [2.45, 2.75) is 24.7 Å². The summed E-state index contributed by atoms with van der Waals surface area (Å²) in [6, 6.07) is 3.37. The molecule has 2 atom stereocenters. The van der Waals surface area contributed by atoms with Crippen LogP contribution in [0.1, 0.15) is 22.7 Å². The van der Waals surface area contributed by atoms with Gasteiger partial charge in [0.15, 0.2) is 0 Å². The molecular weight excluding hydrogens is 397 g/mol. The predicted octanol–water partition coefficient (Wildman–Crippen LogP) is 2.25. The summed E-state index contributed by atoms with van der Waals surface area (Å²) in [6.07, 6.45) is -5.33. The summed E-state index contributed by atoms with van der Waals surface area (Å²) in [6.45, 7) is 0.239. The van der Waals surface area contributed by atoms with Crippen LogP contribution in [0.3, 0.4) is 0 Å². The lowest BCUT2D eigenvalue weighted by Gasteiger charge is -2.19. The van der Waals surface area contributed by atoms with E-state index in [0.717, 1.165) is 17.0 Å². The Morgan fingerprint density at radius 1 is 1.38 bits per heavy atom. The average molecular weight is 414 g/mol. The molecule has 0 radical (unpaired) electrons. The Morgan fingerprint density at radius 2 is 2.14 bits per heavy atom. The van der Waals surface area contributed by atoms with Crippen LogP contribution in [0.5, 0.6) is 0 Å². The number of hydrogen-bond acceptors (Lipinski definition) is 6. The Balaban J connectivity index is 1.70. The van der Waals surface area contributed by atoms with Crippen LogP contribution >= 0.6 is 0 Å². The first-order valence-electron chi connectivity index (χ1n) is 8.49. The lowest BCUT2D eigenvalue weighted by Crippen LogP contribution is -2.39. The van der Waals surface area contributed by atoms with Gasteiger partial charge in [-0.15, -0.1) is 10.2 Å². The summed E-state index contributed by atoms with van der Waals surface area (Å²) < 4.78 is 48.7. The lowest BCUT2D eigenvalue weighted by atomic mass is 10.1. The maximum absolute atomic E-state index is 12.8. The number of hydrogen-bond donors (Lipinski definition) is 2. The third-order valence-corrected chi connectivity index (χ3v) is 4.41. The standard InChI is InChI=1S/C17H17F3N4O5/c1-28-8-12-6-11(7-24(12)16(26)27)21-13(25)15-23-22-14(29-15)9-3-2-4-10(5-9)17(18,19)20/h2-5,11-12H,6-8H2,1H3,(H,21,25)(H,26,27)/t11-,12+/m1/s1. The largest absolute Gasteiger partial charge is 0.465 e. The Bertz CT molecular complexity index is 901. The quantitative estimate of drug-likeness (QED) is 0.771. The minimum absolute atomic E-state index is 0.0180. The molecule has 1 aliphatic heterocycles. The summed E-state index contributed by atoms with van der Waals surface area (Å²) >= 11 is 0. The fourth-order valence-electron chi connectivity index (χ4n) is 3.11. The molecular formula is C17H17F3N4O5. The number of benzene rings is 1. The predicted molar refractivity (Wildman–Crippen MR) is 91.0 cm³/mol. The molecule has 29 heavy (non-hydrogen) atoms. The smallest absolute Gasteiger partial charge is 0.416 e. The highest BCUT2D eigenvalue weighted by Gasteiger charge is 2.36. The number of amides is 2. The molecule has 2 heterocycles. The fourth-order valence-corrected chi connectivity index (χ4v) is 3.11. The topological polar surface area (TPSA) is 118 Å². The Labute approximate surface area is 162 Å². The summed E-state index contributed by atoms with van der Waals surface area (Å²) in [5.41, 5.74) is -0.868. The molecule has 0 saturated carbocycles. The number of likely N-dealkylation sites (tertiary alicyclic amines) is 1. The number of rotatable bonds is 5. The first-order chi connectivity index (χ1) is 13.7. The SMILES string of the molecule is COC[C@@H]1C[C@@H](NC(=O)c2nnc(-c3cccc(C(F)(F)F)c3)o2)CN1C(=O)O. The van der Waals surface area contributed by atoms with E-state index in [9.17, 15) is 27.9 Å². The molecule has 12 heteroatoms. The zero-order valence-electron chi connectivity index (χ0n) is 15.1. The Kier molecular flexibility index (Phi) is 5.73. The van der Waals surface area contributed by atoms with E-state index < -0.39 is 41.7 Å². The highest BCUT2D eigenvalue weighted by molar-refractivity contribution is 5.90. The monoisotopic (exact) mass is 414 g/mol. The van der Waals surface area contributed by atoms with Crippen molar-refractivity contribution >= 4 is 12.0 Å². The number of nitrogens with one attached hydrogen (secondary N) is 1. The third-order valence-electron chi connectivity index (χ3n) is 4.41. The number of carbonyl (C=O) groups excluding carboxylic acids is 1. The molecule has 156 valence electrons. The van der Waals surface area contributed by atoms with Gasteiger partial charge < -0.3 is 24.5 Å². The molecule has 1 saturated heterocycles. The van der Waals surface area contributed by atoms with E-state index in [0.29, 0.717) is 6.42 Å². The second kappa shape index (κ2) is 8.07. The van der Waals surface area contributed by atoms with Crippen LogP contribution in [0.4, 0.5) is 18.0 Å². The minimum atomic E-state index is -4.53. The molecule has 2 amide bonds. The zero-order chi connectivity index (χ0) is 21.2. The van der Waals surface area contributed by atoms with Crippen molar-refractivity contribution in [1.29, 1.82) is 0 Å². The molecule has 1 fully saturated rings. The van der Waals surface area contributed by atoms with Gasteiger partial charge in [-0.05, 0) is 24.6 Å². The van der Waals surface area contributed by atoms with E-state index >= 15 is 0 Å². The number of methoxy groups -OCH3 is 1. The van der Waals surface area contributed by atoms with Crippen molar-refractivity contribution in [2.24, 2.45) is 0 Å². The molecule has 0 unspecified atom stereocenters. The first kappa shape index (κ1) is 20.6. The summed E-state index contributed by atoms with van der Waals surface area (Å²) in [4.78, 5) is 24.8. The number of halogens is 3. The molecule has 2 N–H and O–H groups in total. The van der Waals surface area contributed by atoms with Gasteiger partial charge in [-0.1, -0.05) is 6.07 Å². The summed E-state index contributed by atoms with van der Waals surface area (Å²) in [5, 5.41) is 19.0. The van der Waals surface area contributed by atoms with Gasteiger partial charge in [-0.25, -0.2) is 4.79 Å². The number of nitrogens with zero attached hydrogens (tertiary/aromatic N) is 3. The lowest BCUT2D eigenvalue weighted by molar-refractivity contribution is -0.137. The maximum atomic E-state index is 12.8. The van der Waals surface area contributed by atoms with Gasteiger partial charge in [0.25, 0.3) is 0 Å². The van der Waals surface area contributed by atoms with E-state index in [1.807, 2.05) is 0 Å². The molecule has 2 aromatic rings. The zero-order valence-corrected chi connectivity index (χ0v) is 15.1. The highest BCUT2D eigenvalue weighted by Crippen LogP contribution is 2.31. The molecule has 9 nitrogen and oxygen atoms in total. The third kappa shape index (κ3) is 4.65. The van der Waals surface area contributed by atoms with Gasteiger partial charge in [0.1, 0.15) is 0 Å². The molecule has 1 aromatic carbocycles. The molecule has 1 aliphatic rings. The van der Waals surface area contributed by atoms with Gasteiger partial charge in [-0.2, -0.15) is 13.2 Å². The number of carbonyl (C=O) groups is 2. The van der Waals surface area contributed by atoms with Crippen LogP contribution in [0.2, 0.25) is 0 Å². The second-order valence-corrected chi connectivity index (χ2v) is 6.44. The van der Waals surface area contributed by atoms with E-state index in [2.05, 4.69) is 15.5 Å². The summed E-state index contributed by atoms with van der Waals surface area (Å²) in [7, 11) is 1.44. The molecule has 3 rings (SSSR count). The molecule has 0 bridgehead atoms. The normalized spacial score (nSPS) is 19.4. The van der Waals surface area contributed by atoms with Gasteiger partial charge in [0, 0.05) is 25.3 Å². The van der Waals surface area contributed by atoms with Crippen LogP contribution < -0.4 is 5.32 Å². The highest BCUT2D eigenvalue weighted by atomic mass is 19.4. The van der Waals surface area contributed by atoms with Crippen LogP contribution in [-0.2, 0) is 10.9 Å². The minimum Gasteiger partial charge on any atom is -0.465 e. The number of ether oxygens (including phenoxy) is 1. The number of alkyl halides is 3. The van der Waals surface area contributed by atoms with E-state index in [1.165, 1.54) is 19.2 Å². The van der Waals surface area contributed by atoms with Crippen molar-refractivity contribution < 1.29 is 37.0 Å². The maximum Gasteiger partial charge on any atom is 0.416 e. The summed E-state index contributed by atoms with van der Waals surface area (Å²) in [5.74, 6) is -1.42. The Hall–Kier alpha value is -3.15. The van der Waals surface area contributed by atoms with Crippen molar-refractivity contribution in [2.75, 3.05) is 20.3 Å². The first-order valence-corrected chi connectivity index (χ1v) is 8.49. The van der Waals surface area contributed by atoms with E-state index in [-0.39, 0.29) is 24.6 Å². The van der Waals surface area contributed by atoms with E-state index in [4.69, 9.17) is 9.15 Å². The fraction of sp³-hybridized carbons (Fsp3) is 0.412. The number of aromatic nitrogens is 2. The average Bonchev–Trinajstić information content (AvgIpc) is 3.29. The van der Waals surface area contributed by atoms with Crippen molar-refractivity contribution in [3.05, 3.63) is 35.7 Å². The van der Waals surface area contributed by atoms with Gasteiger partial charge >= 0.3 is 24.1 Å². The molecule has 0 aliphatic carbocycles. The van der Waals surface area contributed by atoms with Crippen LogP contribution in [-0.4, -0.2) is 64.5 Å². The molecule has 1 aromatic heterocycles. The second-order valence-electron chi connectivity index (χ2n) is 6.44. The van der Waals surface area contributed by atoms with Crippen LogP contribution in [0.25, 0.3) is 11.5 Å². The van der Waals surface area contributed by atoms with Crippen LogP contribution in [0, 0.1) is 0 Å². The van der Waals surface area contributed by atoms with Crippen molar-refractivity contribution in [3.8, 4) is 11.5 Å². The Morgan fingerprint density at radius 3 is 2.79 bits per heavy atom. The molecule has 0 spiro atoms. The van der Waals surface area contributed by atoms with Gasteiger partial charge in [0.2, 0.25) is 5.89 Å². The number of carboxylic acid groups (broad SMARTS) is 1.